The van der Waals surface area contributed by atoms with Gasteiger partial charge in [0.1, 0.15) is 11.6 Å². The van der Waals surface area contributed by atoms with E-state index in [1.54, 1.807) is 36.1 Å². The Bertz CT molecular complexity index is 946. The van der Waals surface area contributed by atoms with Crippen molar-refractivity contribution in [1.82, 2.24) is 4.90 Å². The molecule has 2 heterocycles. The highest BCUT2D eigenvalue weighted by Crippen LogP contribution is 2.36. The van der Waals surface area contributed by atoms with Crippen LogP contribution in [0.3, 0.4) is 0 Å². The first-order valence-corrected chi connectivity index (χ1v) is 10.0. The summed E-state index contributed by atoms with van der Waals surface area (Å²) in [5.74, 6) is -0.452. The van der Waals surface area contributed by atoms with Gasteiger partial charge in [0.2, 0.25) is 0 Å². The fraction of sp³-hybridized carbons (Fsp3) is 0.364. The van der Waals surface area contributed by atoms with Crippen LogP contribution >= 0.6 is 0 Å². The Morgan fingerprint density at radius 2 is 1.97 bits per heavy atom. The minimum absolute atomic E-state index is 0.0905. The number of nitrogens with zero attached hydrogens (tertiary/aromatic N) is 2. The quantitative estimate of drug-likeness (QED) is 0.816. The zero-order chi connectivity index (χ0) is 21.1. The van der Waals surface area contributed by atoms with Crippen LogP contribution in [0.5, 0.6) is 5.75 Å². The average molecular weight is 413 g/mol. The van der Waals surface area contributed by atoms with Gasteiger partial charge < -0.3 is 19.7 Å². The van der Waals surface area contributed by atoms with Gasteiger partial charge in [0.15, 0.2) is 6.10 Å². The minimum Gasteiger partial charge on any atom is -0.479 e. The first-order valence-electron chi connectivity index (χ1n) is 10.0. The number of hydrogen-bond donors (Lipinski definition) is 1. The van der Waals surface area contributed by atoms with E-state index < -0.39 is 17.8 Å². The molecule has 1 saturated heterocycles. The molecule has 0 aromatic heterocycles. The summed E-state index contributed by atoms with van der Waals surface area (Å²) in [5.41, 5.74) is 1.41. The molecule has 2 aliphatic rings. The molecule has 7 nitrogen and oxygen atoms in total. The van der Waals surface area contributed by atoms with E-state index in [4.69, 9.17) is 9.47 Å². The molecule has 2 aliphatic heterocycles. The maximum absolute atomic E-state index is 13.4. The zero-order valence-corrected chi connectivity index (χ0v) is 16.8. The summed E-state index contributed by atoms with van der Waals surface area (Å²) in [6.07, 6.45) is -0.614. The van der Waals surface area contributed by atoms with Crippen molar-refractivity contribution in [3.05, 3.63) is 53.8 Å². The number of nitrogens with one attached hydrogen (secondary N) is 1. The number of carbonyl (C=O) groups excluding carboxylic acids is 2. The number of benzene rings is 2. The Hall–Kier alpha value is -2.97. The number of anilines is 2. The number of amides is 2. The van der Waals surface area contributed by atoms with Gasteiger partial charge >= 0.3 is 0 Å². The maximum Gasteiger partial charge on any atom is 0.267 e. The molecular formula is C22H24FN3O4. The molecule has 1 fully saturated rings. The molecule has 2 aromatic carbocycles. The highest BCUT2D eigenvalue weighted by molar-refractivity contribution is 6.05. The van der Waals surface area contributed by atoms with E-state index in [2.05, 4.69) is 10.2 Å². The Labute approximate surface area is 174 Å². The smallest absolute Gasteiger partial charge is 0.267 e. The van der Waals surface area contributed by atoms with Crippen LogP contribution in [0.2, 0.25) is 0 Å². The highest BCUT2D eigenvalue weighted by Gasteiger charge is 2.32. The molecule has 0 bridgehead atoms. The molecule has 158 valence electrons. The number of rotatable bonds is 5. The lowest BCUT2D eigenvalue weighted by molar-refractivity contribution is -0.125. The van der Waals surface area contributed by atoms with Crippen LogP contribution in [-0.4, -0.2) is 62.2 Å². The first-order chi connectivity index (χ1) is 14.5. The van der Waals surface area contributed by atoms with Gasteiger partial charge in [-0.2, -0.15) is 0 Å². The Balaban J connectivity index is 1.49. The van der Waals surface area contributed by atoms with Crippen molar-refractivity contribution in [1.29, 1.82) is 0 Å². The van der Waals surface area contributed by atoms with Gasteiger partial charge in [0.25, 0.3) is 11.8 Å². The van der Waals surface area contributed by atoms with Crippen LogP contribution < -0.4 is 15.0 Å². The van der Waals surface area contributed by atoms with E-state index in [9.17, 15) is 14.0 Å². The molecule has 1 unspecified atom stereocenters. The first kappa shape index (κ1) is 20.3. The fourth-order valence-corrected chi connectivity index (χ4v) is 3.62. The van der Waals surface area contributed by atoms with Crippen LogP contribution in [0.15, 0.2) is 42.5 Å². The molecule has 4 rings (SSSR count). The van der Waals surface area contributed by atoms with E-state index in [1.165, 1.54) is 18.2 Å². The van der Waals surface area contributed by atoms with Crippen molar-refractivity contribution in [2.24, 2.45) is 0 Å². The van der Waals surface area contributed by atoms with Crippen molar-refractivity contribution in [3.8, 4) is 5.75 Å². The molecule has 0 spiro atoms. The number of hydrogen-bond acceptors (Lipinski definition) is 5. The largest absolute Gasteiger partial charge is 0.479 e. The van der Waals surface area contributed by atoms with Gasteiger partial charge in [-0.3, -0.25) is 14.5 Å². The van der Waals surface area contributed by atoms with Crippen molar-refractivity contribution >= 4 is 23.2 Å². The topological polar surface area (TPSA) is 71.1 Å². The Morgan fingerprint density at radius 3 is 2.73 bits per heavy atom. The van der Waals surface area contributed by atoms with E-state index in [0.717, 1.165) is 19.6 Å². The molecule has 1 atom stereocenters. The second-order valence-corrected chi connectivity index (χ2v) is 7.35. The predicted octanol–water partition coefficient (Wildman–Crippen LogP) is 2.52. The molecular weight excluding hydrogens is 389 g/mol. The summed E-state index contributed by atoms with van der Waals surface area (Å²) in [6, 6.07) is 10.7. The number of carbonyl (C=O) groups is 2. The van der Waals surface area contributed by atoms with Crippen LogP contribution in [0, 0.1) is 5.82 Å². The average Bonchev–Trinajstić information content (AvgIpc) is 2.75. The van der Waals surface area contributed by atoms with Crippen LogP contribution in [-0.2, 0) is 9.53 Å². The molecule has 30 heavy (non-hydrogen) atoms. The Morgan fingerprint density at radius 1 is 1.17 bits per heavy atom. The van der Waals surface area contributed by atoms with E-state index in [0.29, 0.717) is 36.9 Å². The molecule has 2 amide bonds. The second kappa shape index (κ2) is 8.81. The molecule has 0 saturated carbocycles. The van der Waals surface area contributed by atoms with Crippen LogP contribution in [0.25, 0.3) is 0 Å². The lowest BCUT2D eigenvalue weighted by Crippen LogP contribution is -2.48. The minimum atomic E-state index is -0.614. The maximum atomic E-state index is 13.4. The molecule has 0 aliphatic carbocycles. The summed E-state index contributed by atoms with van der Waals surface area (Å²) >= 11 is 0. The van der Waals surface area contributed by atoms with Crippen molar-refractivity contribution in [3.63, 3.8) is 0 Å². The van der Waals surface area contributed by atoms with Gasteiger partial charge in [0.05, 0.1) is 18.9 Å². The van der Waals surface area contributed by atoms with E-state index in [-0.39, 0.29) is 11.5 Å². The number of fused-ring (bicyclic) bond motifs is 1. The van der Waals surface area contributed by atoms with Crippen molar-refractivity contribution in [2.45, 2.75) is 13.0 Å². The molecule has 8 heteroatoms. The molecule has 2 aromatic rings. The third-order valence-corrected chi connectivity index (χ3v) is 5.26. The Kier molecular flexibility index (Phi) is 5.96. The predicted molar refractivity (Wildman–Crippen MR) is 110 cm³/mol. The SMILES string of the molecule is CC1Oc2cc(NC(=O)c3cccc(F)c3)ccc2N(CCN2CCOCC2)C1=O. The number of halogens is 1. The summed E-state index contributed by atoms with van der Waals surface area (Å²) < 4.78 is 24.5. The second-order valence-electron chi connectivity index (χ2n) is 7.35. The summed E-state index contributed by atoms with van der Waals surface area (Å²) in [6.45, 7) is 6.13. The molecule has 1 N–H and O–H groups in total. The summed E-state index contributed by atoms with van der Waals surface area (Å²) in [5, 5.41) is 2.75. The lowest BCUT2D eigenvalue weighted by Gasteiger charge is -2.35. The number of ether oxygens (including phenoxy) is 2. The van der Waals surface area contributed by atoms with Crippen LogP contribution in [0.1, 0.15) is 17.3 Å². The molecule has 0 radical (unpaired) electrons. The fourth-order valence-electron chi connectivity index (χ4n) is 3.62. The normalized spacial score (nSPS) is 19.2. The summed E-state index contributed by atoms with van der Waals surface area (Å²) in [4.78, 5) is 29.1. The van der Waals surface area contributed by atoms with Crippen LogP contribution in [0.4, 0.5) is 15.8 Å². The zero-order valence-electron chi connectivity index (χ0n) is 16.8. The van der Waals surface area contributed by atoms with Gasteiger partial charge in [-0.05, 0) is 37.3 Å². The summed E-state index contributed by atoms with van der Waals surface area (Å²) in [7, 11) is 0. The third-order valence-electron chi connectivity index (χ3n) is 5.26. The lowest BCUT2D eigenvalue weighted by atomic mass is 10.1. The standard InChI is InChI=1S/C22H24FN3O4/c1-15-22(28)26(8-7-25-9-11-29-12-10-25)19-6-5-18(14-20(19)30-15)24-21(27)16-3-2-4-17(23)13-16/h2-6,13-15H,7-12H2,1H3,(H,24,27). The van der Waals surface area contributed by atoms with E-state index >= 15 is 0 Å². The van der Waals surface area contributed by atoms with Gasteiger partial charge in [-0.15, -0.1) is 0 Å². The van der Waals surface area contributed by atoms with Crippen molar-refractivity contribution in [2.75, 3.05) is 49.6 Å². The van der Waals surface area contributed by atoms with Crippen molar-refractivity contribution < 1.29 is 23.5 Å². The van der Waals surface area contributed by atoms with Gasteiger partial charge in [0, 0.05) is 43.5 Å². The van der Waals surface area contributed by atoms with Gasteiger partial charge in [-0.1, -0.05) is 6.07 Å². The van der Waals surface area contributed by atoms with E-state index in [1.807, 2.05) is 0 Å². The number of morpholine rings is 1. The monoisotopic (exact) mass is 413 g/mol. The highest BCUT2D eigenvalue weighted by atomic mass is 19.1. The third kappa shape index (κ3) is 4.44. The van der Waals surface area contributed by atoms with Gasteiger partial charge in [-0.25, -0.2) is 4.39 Å².